The molecular formula is C14H14ClNS. The molecule has 0 bridgehead atoms. The van der Waals surface area contributed by atoms with Crippen molar-refractivity contribution in [3.8, 4) is 0 Å². The van der Waals surface area contributed by atoms with Crippen molar-refractivity contribution in [2.24, 2.45) is 5.73 Å². The number of rotatable bonds is 4. The minimum absolute atomic E-state index is 0.534. The van der Waals surface area contributed by atoms with Gasteiger partial charge in [0.05, 0.1) is 0 Å². The van der Waals surface area contributed by atoms with E-state index in [0.29, 0.717) is 6.54 Å². The van der Waals surface area contributed by atoms with Gasteiger partial charge in [-0.3, -0.25) is 0 Å². The second-order valence-corrected chi connectivity index (χ2v) is 5.19. The van der Waals surface area contributed by atoms with Crippen molar-refractivity contribution in [1.29, 1.82) is 0 Å². The van der Waals surface area contributed by atoms with Crippen molar-refractivity contribution in [3.05, 3.63) is 64.7 Å². The Morgan fingerprint density at radius 3 is 2.47 bits per heavy atom. The normalized spacial score (nSPS) is 10.5. The summed E-state index contributed by atoms with van der Waals surface area (Å²) in [5.41, 5.74) is 7.79. The Morgan fingerprint density at radius 2 is 1.82 bits per heavy atom. The molecule has 0 amide bonds. The third-order valence-electron chi connectivity index (χ3n) is 2.49. The van der Waals surface area contributed by atoms with Gasteiger partial charge in [-0.2, -0.15) is 0 Å². The lowest BCUT2D eigenvalue weighted by Crippen LogP contribution is -1.96. The van der Waals surface area contributed by atoms with E-state index in [1.165, 1.54) is 4.90 Å². The average Bonchev–Trinajstić information content (AvgIpc) is 2.38. The first-order chi connectivity index (χ1) is 8.29. The highest BCUT2D eigenvalue weighted by Gasteiger charge is 2.02. The zero-order chi connectivity index (χ0) is 12.1. The predicted octanol–water partition coefficient (Wildman–Crippen LogP) is 4.09. The largest absolute Gasteiger partial charge is 0.326 e. The van der Waals surface area contributed by atoms with Crippen molar-refractivity contribution in [3.63, 3.8) is 0 Å². The summed E-state index contributed by atoms with van der Waals surface area (Å²) in [6.45, 7) is 0.534. The molecule has 0 saturated heterocycles. The topological polar surface area (TPSA) is 26.0 Å². The first-order valence-corrected chi connectivity index (χ1v) is 6.81. The summed E-state index contributed by atoms with van der Waals surface area (Å²) in [4.78, 5) is 1.26. The van der Waals surface area contributed by atoms with Gasteiger partial charge in [0.2, 0.25) is 0 Å². The number of hydrogen-bond donors (Lipinski definition) is 1. The van der Waals surface area contributed by atoms with Gasteiger partial charge in [0.25, 0.3) is 0 Å². The van der Waals surface area contributed by atoms with E-state index in [0.717, 1.165) is 21.9 Å². The molecule has 0 aromatic heterocycles. The van der Waals surface area contributed by atoms with Crippen LogP contribution in [0.4, 0.5) is 0 Å². The van der Waals surface area contributed by atoms with Gasteiger partial charge in [-0.1, -0.05) is 41.9 Å². The molecule has 0 unspecified atom stereocenters. The number of halogens is 1. The molecule has 0 spiro atoms. The number of nitrogens with two attached hydrogens (primary N) is 1. The van der Waals surface area contributed by atoms with Crippen LogP contribution in [-0.2, 0) is 12.3 Å². The Labute approximate surface area is 111 Å². The SMILES string of the molecule is NCc1ccc(CSc2ccccc2)c(Cl)c1. The summed E-state index contributed by atoms with van der Waals surface area (Å²) in [7, 11) is 0. The van der Waals surface area contributed by atoms with Crippen LogP contribution in [0, 0.1) is 0 Å². The highest BCUT2D eigenvalue weighted by Crippen LogP contribution is 2.27. The van der Waals surface area contributed by atoms with Crippen molar-refractivity contribution >= 4 is 23.4 Å². The Bertz CT molecular complexity index is 485. The summed E-state index contributed by atoms with van der Waals surface area (Å²) in [6.07, 6.45) is 0. The van der Waals surface area contributed by atoms with Gasteiger partial charge in [-0.05, 0) is 29.3 Å². The molecule has 0 heterocycles. The maximum atomic E-state index is 6.21. The number of thioether (sulfide) groups is 1. The van der Waals surface area contributed by atoms with Crippen LogP contribution < -0.4 is 5.73 Å². The zero-order valence-corrected chi connectivity index (χ0v) is 11.0. The second kappa shape index (κ2) is 6.10. The van der Waals surface area contributed by atoms with Crippen LogP contribution in [0.3, 0.4) is 0 Å². The van der Waals surface area contributed by atoms with E-state index in [4.69, 9.17) is 17.3 Å². The van der Waals surface area contributed by atoms with E-state index in [1.54, 1.807) is 11.8 Å². The van der Waals surface area contributed by atoms with Gasteiger partial charge < -0.3 is 5.73 Å². The van der Waals surface area contributed by atoms with Gasteiger partial charge in [0.15, 0.2) is 0 Å². The fourth-order valence-corrected chi connectivity index (χ4v) is 2.79. The molecule has 0 saturated carbocycles. The van der Waals surface area contributed by atoms with Crippen LogP contribution in [0.2, 0.25) is 5.02 Å². The molecule has 0 fully saturated rings. The van der Waals surface area contributed by atoms with Gasteiger partial charge in [-0.15, -0.1) is 11.8 Å². The summed E-state index contributed by atoms with van der Waals surface area (Å²) < 4.78 is 0. The summed E-state index contributed by atoms with van der Waals surface area (Å²) in [5, 5.41) is 0.802. The molecule has 2 aromatic rings. The highest BCUT2D eigenvalue weighted by atomic mass is 35.5. The molecule has 0 aliphatic rings. The second-order valence-electron chi connectivity index (χ2n) is 3.73. The Morgan fingerprint density at radius 1 is 1.06 bits per heavy atom. The van der Waals surface area contributed by atoms with Crippen LogP contribution in [0.25, 0.3) is 0 Å². The molecule has 2 aromatic carbocycles. The molecule has 3 heteroatoms. The summed E-state index contributed by atoms with van der Waals surface area (Å²) in [6, 6.07) is 16.4. The van der Waals surface area contributed by atoms with Crippen molar-refractivity contribution < 1.29 is 0 Å². The van der Waals surface area contributed by atoms with Crippen molar-refractivity contribution in [1.82, 2.24) is 0 Å². The third-order valence-corrected chi connectivity index (χ3v) is 3.90. The van der Waals surface area contributed by atoms with E-state index in [-0.39, 0.29) is 0 Å². The lowest BCUT2D eigenvalue weighted by Gasteiger charge is -2.06. The molecule has 0 aliphatic carbocycles. The van der Waals surface area contributed by atoms with Crippen LogP contribution in [0.1, 0.15) is 11.1 Å². The smallest absolute Gasteiger partial charge is 0.0449 e. The first-order valence-electron chi connectivity index (χ1n) is 5.45. The summed E-state index contributed by atoms with van der Waals surface area (Å²) in [5.74, 6) is 0.883. The molecule has 88 valence electrons. The van der Waals surface area contributed by atoms with Gasteiger partial charge in [0.1, 0.15) is 0 Å². The molecule has 2 N–H and O–H groups in total. The minimum atomic E-state index is 0.534. The van der Waals surface area contributed by atoms with E-state index in [9.17, 15) is 0 Å². The monoisotopic (exact) mass is 263 g/mol. The predicted molar refractivity (Wildman–Crippen MR) is 75.3 cm³/mol. The molecule has 1 nitrogen and oxygen atoms in total. The summed E-state index contributed by atoms with van der Waals surface area (Å²) >= 11 is 7.99. The number of benzene rings is 2. The first kappa shape index (κ1) is 12.5. The lowest BCUT2D eigenvalue weighted by molar-refractivity contribution is 1.07. The maximum absolute atomic E-state index is 6.21. The van der Waals surface area contributed by atoms with E-state index >= 15 is 0 Å². The number of hydrogen-bond acceptors (Lipinski definition) is 2. The fraction of sp³-hybridized carbons (Fsp3) is 0.143. The lowest BCUT2D eigenvalue weighted by atomic mass is 10.1. The molecular weight excluding hydrogens is 250 g/mol. The molecule has 0 atom stereocenters. The molecule has 0 aliphatic heterocycles. The third kappa shape index (κ3) is 3.50. The zero-order valence-electron chi connectivity index (χ0n) is 9.40. The van der Waals surface area contributed by atoms with Crippen LogP contribution >= 0.6 is 23.4 Å². The van der Waals surface area contributed by atoms with E-state index in [1.807, 2.05) is 30.3 Å². The quantitative estimate of drug-likeness (QED) is 0.841. The van der Waals surface area contributed by atoms with Gasteiger partial charge in [0, 0.05) is 22.2 Å². The fourth-order valence-electron chi connectivity index (χ4n) is 1.51. The van der Waals surface area contributed by atoms with Crippen LogP contribution in [-0.4, -0.2) is 0 Å². The molecule has 2 rings (SSSR count). The highest BCUT2D eigenvalue weighted by molar-refractivity contribution is 7.98. The standard InChI is InChI=1S/C14H14ClNS/c15-14-8-11(9-16)6-7-12(14)10-17-13-4-2-1-3-5-13/h1-8H,9-10,16H2. The Hall–Kier alpha value is -0.960. The minimum Gasteiger partial charge on any atom is -0.326 e. The van der Waals surface area contributed by atoms with Crippen molar-refractivity contribution in [2.75, 3.05) is 0 Å². The van der Waals surface area contributed by atoms with Gasteiger partial charge >= 0.3 is 0 Å². The van der Waals surface area contributed by atoms with Crippen LogP contribution in [0.5, 0.6) is 0 Å². The average molecular weight is 264 g/mol. The molecule has 17 heavy (non-hydrogen) atoms. The van der Waals surface area contributed by atoms with Gasteiger partial charge in [-0.25, -0.2) is 0 Å². The maximum Gasteiger partial charge on any atom is 0.0449 e. The van der Waals surface area contributed by atoms with Crippen molar-refractivity contribution in [2.45, 2.75) is 17.2 Å². The Kier molecular flexibility index (Phi) is 4.49. The Balaban J connectivity index is 2.04. The van der Waals surface area contributed by atoms with Crippen LogP contribution in [0.15, 0.2) is 53.4 Å². The molecule has 0 radical (unpaired) electrons. The van der Waals surface area contributed by atoms with E-state index < -0.39 is 0 Å². The van der Waals surface area contributed by atoms with E-state index in [2.05, 4.69) is 18.2 Å².